The van der Waals surface area contributed by atoms with E-state index in [1.165, 1.54) is 31.3 Å². The third kappa shape index (κ3) is 4.62. The van der Waals surface area contributed by atoms with Crippen molar-refractivity contribution >= 4 is 34.7 Å². The summed E-state index contributed by atoms with van der Waals surface area (Å²) in [6.45, 7) is 2.51. The maximum Gasteiger partial charge on any atom is 0.300 e. The molecule has 1 unspecified atom stereocenters. The van der Waals surface area contributed by atoms with E-state index < -0.39 is 23.5 Å². The average Bonchev–Trinajstić information content (AvgIpc) is 3.17. The van der Waals surface area contributed by atoms with E-state index in [-0.39, 0.29) is 27.7 Å². The molecule has 1 aliphatic rings. The van der Waals surface area contributed by atoms with E-state index in [4.69, 9.17) is 25.8 Å². The van der Waals surface area contributed by atoms with Crippen LogP contribution in [0, 0.1) is 0 Å². The zero-order valence-corrected chi connectivity index (χ0v) is 20.9. The largest absolute Gasteiger partial charge is 0.507 e. The number of benzene rings is 3. The zero-order chi connectivity index (χ0) is 25.8. The van der Waals surface area contributed by atoms with Crippen molar-refractivity contribution in [3.05, 3.63) is 88.5 Å². The van der Waals surface area contributed by atoms with Crippen molar-refractivity contribution in [2.24, 2.45) is 0 Å². The highest BCUT2D eigenvalue weighted by Crippen LogP contribution is 2.45. The molecule has 0 aromatic heterocycles. The lowest BCUT2D eigenvalue weighted by atomic mass is 9.94. The Kier molecular flexibility index (Phi) is 7.50. The summed E-state index contributed by atoms with van der Waals surface area (Å²) in [5.74, 6) is -0.895. The molecular formula is C28H26ClNO6. The Balaban J connectivity index is 1.93. The second-order valence-electron chi connectivity index (χ2n) is 8.11. The van der Waals surface area contributed by atoms with Gasteiger partial charge in [-0.1, -0.05) is 54.9 Å². The van der Waals surface area contributed by atoms with Crippen molar-refractivity contribution in [1.82, 2.24) is 0 Å². The molecule has 3 aromatic carbocycles. The molecule has 0 radical (unpaired) electrons. The summed E-state index contributed by atoms with van der Waals surface area (Å²) in [4.78, 5) is 28.2. The maximum atomic E-state index is 13.4. The van der Waals surface area contributed by atoms with E-state index in [9.17, 15) is 14.7 Å². The average molecular weight is 508 g/mol. The van der Waals surface area contributed by atoms with Gasteiger partial charge >= 0.3 is 0 Å². The molecule has 0 spiro atoms. The molecule has 1 fully saturated rings. The fourth-order valence-corrected chi connectivity index (χ4v) is 4.41. The predicted molar refractivity (Wildman–Crippen MR) is 138 cm³/mol. The minimum atomic E-state index is -0.890. The Labute approximate surface area is 214 Å². The number of nitrogens with zero attached hydrogens (tertiary/aromatic N) is 1. The molecule has 4 rings (SSSR count). The quantitative estimate of drug-likeness (QED) is 0.236. The molecular weight excluding hydrogens is 482 g/mol. The first-order valence-electron chi connectivity index (χ1n) is 11.4. The minimum absolute atomic E-state index is 0.0752. The van der Waals surface area contributed by atoms with Crippen LogP contribution < -0.4 is 19.1 Å². The Hall–Kier alpha value is -3.97. The van der Waals surface area contributed by atoms with Crippen molar-refractivity contribution in [2.45, 2.75) is 19.4 Å². The lowest BCUT2D eigenvalue weighted by molar-refractivity contribution is -0.132. The summed E-state index contributed by atoms with van der Waals surface area (Å²) in [6, 6.07) is 18.1. The number of hydrogen-bond donors (Lipinski definition) is 1. The van der Waals surface area contributed by atoms with Crippen LogP contribution in [-0.2, 0) is 9.59 Å². The number of anilines is 1. The topological polar surface area (TPSA) is 85.3 Å². The fraction of sp³-hybridized carbons (Fsp3) is 0.214. The van der Waals surface area contributed by atoms with Gasteiger partial charge in [-0.05, 0) is 30.2 Å². The number of amides is 1. The first-order valence-corrected chi connectivity index (χ1v) is 11.8. The first kappa shape index (κ1) is 25.1. The summed E-state index contributed by atoms with van der Waals surface area (Å²) < 4.78 is 16.5. The Bertz CT molecular complexity index is 1320. The minimum Gasteiger partial charge on any atom is -0.507 e. The van der Waals surface area contributed by atoms with Crippen molar-refractivity contribution in [3.63, 3.8) is 0 Å². The SMILES string of the molecule is CCCOc1cccc(N2C(=O)C(=O)/C(=C(/O)c3cc(OC)c(Cl)cc3OC)C2c2ccccc2)c1. The third-order valence-electron chi connectivity index (χ3n) is 5.86. The van der Waals surface area contributed by atoms with Crippen LogP contribution in [0.5, 0.6) is 17.2 Å². The molecule has 0 bridgehead atoms. The van der Waals surface area contributed by atoms with Crippen LogP contribution in [0.15, 0.2) is 72.3 Å². The highest BCUT2D eigenvalue weighted by molar-refractivity contribution is 6.51. The summed E-state index contributed by atoms with van der Waals surface area (Å²) in [6.07, 6.45) is 0.825. The molecule has 1 amide bonds. The van der Waals surface area contributed by atoms with Gasteiger partial charge < -0.3 is 19.3 Å². The van der Waals surface area contributed by atoms with Gasteiger partial charge in [0, 0.05) is 17.8 Å². The van der Waals surface area contributed by atoms with Gasteiger partial charge in [-0.2, -0.15) is 0 Å². The first-order chi connectivity index (χ1) is 17.4. The normalized spacial score (nSPS) is 16.8. The molecule has 1 atom stereocenters. The highest BCUT2D eigenvalue weighted by atomic mass is 35.5. The van der Waals surface area contributed by atoms with Crippen molar-refractivity contribution in [3.8, 4) is 17.2 Å². The molecule has 0 saturated carbocycles. The predicted octanol–water partition coefficient (Wildman–Crippen LogP) is 5.77. The smallest absolute Gasteiger partial charge is 0.300 e. The Morgan fingerprint density at radius 3 is 2.36 bits per heavy atom. The van der Waals surface area contributed by atoms with Gasteiger partial charge in [0.05, 0.1) is 43.0 Å². The molecule has 1 saturated heterocycles. The lowest BCUT2D eigenvalue weighted by Crippen LogP contribution is -2.29. The fourth-order valence-electron chi connectivity index (χ4n) is 4.18. The Morgan fingerprint density at radius 2 is 1.69 bits per heavy atom. The van der Waals surface area contributed by atoms with E-state index in [1.54, 1.807) is 36.4 Å². The van der Waals surface area contributed by atoms with E-state index in [1.807, 2.05) is 25.1 Å². The second-order valence-corrected chi connectivity index (χ2v) is 8.52. The van der Waals surface area contributed by atoms with Crippen molar-refractivity contribution in [2.75, 3.05) is 25.7 Å². The molecule has 3 aromatic rings. The van der Waals surface area contributed by atoms with Gasteiger partial charge in [0.1, 0.15) is 23.0 Å². The van der Waals surface area contributed by atoms with Gasteiger partial charge in [0.2, 0.25) is 0 Å². The lowest BCUT2D eigenvalue weighted by Gasteiger charge is -2.26. The molecule has 0 aliphatic carbocycles. The maximum absolute atomic E-state index is 13.4. The monoisotopic (exact) mass is 507 g/mol. The number of methoxy groups -OCH3 is 2. The van der Waals surface area contributed by atoms with Gasteiger partial charge in [-0.15, -0.1) is 0 Å². The van der Waals surface area contributed by atoms with E-state index in [0.717, 1.165) is 6.42 Å². The number of aliphatic hydroxyl groups excluding tert-OH is 1. The van der Waals surface area contributed by atoms with Crippen molar-refractivity contribution < 1.29 is 28.9 Å². The summed E-state index contributed by atoms with van der Waals surface area (Å²) in [7, 11) is 2.86. The summed E-state index contributed by atoms with van der Waals surface area (Å²) >= 11 is 6.23. The molecule has 1 N–H and O–H groups in total. The molecule has 1 heterocycles. The number of carbonyl (C=O) groups is 2. The summed E-state index contributed by atoms with van der Waals surface area (Å²) in [5, 5.41) is 11.7. The van der Waals surface area contributed by atoms with E-state index in [2.05, 4.69) is 0 Å². The van der Waals surface area contributed by atoms with E-state index in [0.29, 0.717) is 23.6 Å². The zero-order valence-electron chi connectivity index (χ0n) is 20.2. The molecule has 8 heteroatoms. The number of aliphatic hydroxyl groups is 1. The standard InChI is InChI=1S/C28H26ClNO6/c1-4-13-36-19-12-8-11-18(14-19)30-25(17-9-6-5-7-10-17)24(27(32)28(30)33)26(31)20-15-23(35-3)21(29)16-22(20)34-2/h5-12,14-16,25,31H,4,13H2,1-3H3/b26-24+. The Morgan fingerprint density at radius 1 is 0.972 bits per heavy atom. The van der Waals surface area contributed by atoms with Crippen LogP contribution in [0.1, 0.15) is 30.5 Å². The highest BCUT2D eigenvalue weighted by Gasteiger charge is 2.47. The molecule has 186 valence electrons. The van der Waals surface area contributed by atoms with Gasteiger partial charge in [0.25, 0.3) is 11.7 Å². The number of hydrogen-bond acceptors (Lipinski definition) is 6. The number of ether oxygens (including phenoxy) is 3. The number of ketones is 1. The number of rotatable bonds is 8. The second kappa shape index (κ2) is 10.7. The number of halogens is 1. The van der Waals surface area contributed by atoms with Crippen LogP contribution in [0.3, 0.4) is 0 Å². The third-order valence-corrected chi connectivity index (χ3v) is 6.15. The molecule has 36 heavy (non-hydrogen) atoms. The van der Waals surface area contributed by atoms with Gasteiger partial charge in [-0.3, -0.25) is 14.5 Å². The summed E-state index contributed by atoms with van der Waals surface area (Å²) in [5.41, 5.74) is 1.23. The van der Waals surface area contributed by atoms with Crippen LogP contribution in [0.4, 0.5) is 5.69 Å². The number of carbonyl (C=O) groups excluding carboxylic acids is 2. The van der Waals surface area contributed by atoms with E-state index >= 15 is 0 Å². The molecule has 1 aliphatic heterocycles. The number of Topliss-reactive ketones (excluding diaryl/α,β-unsaturated/α-hetero) is 1. The van der Waals surface area contributed by atoms with Crippen molar-refractivity contribution in [1.29, 1.82) is 0 Å². The van der Waals surface area contributed by atoms with Crippen LogP contribution >= 0.6 is 11.6 Å². The molecule has 7 nitrogen and oxygen atoms in total. The van der Waals surface area contributed by atoms with Crippen LogP contribution in [-0.4, -0.2) is 37.6 Å². The van der Waals surface area contributed by atoms with Crippen LogP contribution in [0.25, 0.3) is 5.76 Å². The van der Waals surface area contributed by atoms with Crippen LogP contribution in [0.2, 0.25) is 5.02 Å². The van der Waals surface area contributed by atoms with Gasteiger partial charge in [0.15, 0.2) is 0 Å². The van der Waals surface area contributed by atoms with Gasteiger partial charge in [-0.25, -0.2) is 0 Å².